The van der Waals surface area contributed by atoms with Crippen molar-refractivity contribution < 1.29 is 4.79 Å². The Bertz CT molecular complexity index is 513. The summed E-state index contributed by atoms with van der Waals surface area (Å²) in [6.07, 6.45) is 3.11. The van der Waals surface area contributed by atoms with E-state index in [0.29, 0.717) is 0 Å². The molecule has 0 spiro atoms. The van der Waals surface area contributed by atoms with Gasteiger partial charge < -0.3 is 4.57 Å². The zero-order valence-electron chi connectivity index (χ0n) is 7.73. The summed E-state index contributed by atoms with van der Waals surface area (Å²) in [4.78, 5) is 15.2. The number of nitrogens with zero attached hydrogens (tertiary/aromatic N) is 2. The van der Waals surface area contributed by atoms with E-state index in [9.17, 15) is 4.79 Å². The molecule has 0 N–H and O–H groups in total. The number of rotatable bonds is 1. The summed E-state index contributed by atoms with van der Waals surface area (Å²) in [5.74, 6) is 1.16. The normalized spacial score (nSPS) is 14.6. The minimum Gasteiger partial charge on any atom is -0.328 e. The van der Waals surface area contributed by atoms with Gasteiger partial charge in [-0.1, -0.05) is 0 Å². The molecule has 0 aliphatic carbocycles. The van der Waals surface area contributed by atoms with E-state index in [4.69, 9.17) is 0 Å². The van der Waals surface area contributed by atoms with Gasteiger partial charge in [0.15, 0.2) is 0 Å². The first kappa shape index (κ1) is 7.74. The molecule has 2 heterocycles. The van der Waals surface area contributed by atoms with Crippen LogP contribution in [0.3, 0.4) is 0 Å². The summed E-state index contributed by atoms with van der Waals surface area (Å²) in [6.45, 7) is 1.04. The van der Waals surface area contributed by atoms with Crippen LogP contribution in [0.15, 0.2) is 18.2 Å². The van der Waals surface area contributed by atoms with Crippen LogP contribution in [0, 0.1) is 0 Å². The van der Waals surface area contributed by atoms with Crippen molar-refractivity contribution in [2.75, 3.05) is 0 Å². The van der Waals surface area contributed by atoms with Gasteiger partial charge >= 0.3 is 0 Å². The topological polar surface area (TPSA) is 34.9 Å². The molecule has 1 aromatic heterocycles. The van der Waals surface area contributed by atoms with Crippen LogP contribution in [0.5, 0.6) is 0 Å². The smallest absolute Gasteiger partial charge is 0.150 e. The summed E-state index contributed by atoms with van der Waals surface area (Å²) >= 11 is 0. The molecule has 14 heavy (non-hydrogen) atoms. The summed E-state index contributed by atoms with van der Waals surface area (Å²) in [7, 11) is 0. The predicted octanol–water partition coefficient (Wildman–Crippen LogP) is 1.79. The van der Waals surface area contributed by atoms with Gasteiger partial charge in [-0.2, -0.15) is 0 Å². The van der Waals surface area contributed by atoms with E-state index < -0.39 is 0 Å². The number of hydrogen-bond acceptors (Lipinski definition) is 2. The van der Waals surface area contributed by atoms with E-state index in [1.54, 1.807) is 0 Å². The predicted molar refractivity (Wildman–Crippen MR) is 53.4 cm³/mol. The van der Waals surface area contributed by atoms with E-state index in [2.05, 4.69) is 9.55 Å². The fraction of sp³-hybridized carbons (Fsp3) is 0.273. The van der Waals surface area contributed by atoms with Crippen LogP contribution in [0.4, 0.5) is 0 Å². The van der Waals surface area contributed by atoms with Crippen LogP contribution in [0.2, 0.25) is 0 Å². The first-order valence-electron chi connectivity index (χ1n) is 4.83. The Morgan fingerprint density at radius 1 is 1.43 bits per heavy atom. The Morgan fingerprint density at radius 3 is 3.21 bits per heavy atom. The lowest BCUT2D eigenvalue weighted by Gasteiger charge is -1.98. The van der Waals surface area contributed by atoms with Crippen LogP contribution in [-0.2, 0) is 13.0 Å². The fourth-order valence-electron chi connectivity index (χ4n) is 2.10. The lowest BCUT2D eigenvalue weighted by molar-refractivity contribution is 0.112. The van der Waals surface area contributed by atoms with Gasteiger partial charge in [0, 0.05) is 18.5 Å². The average Bonchev–Trinajstić information content (AvgIpc) is 2.76. The highest BCUT2D eigenvalue weighted by Gasteiger charge is 2.15. The highest BCUT2D eigenvalue weighted by Crippen LogP contribution is 2.23. The molecule has 3 heteroatoms. The Labute approximate surface area is 81.4 Å². The molecule has 0 fully saturated rings. The van der Waals surface area contributed by atoms with Crippen LogP contribution in [-0.4, -0.2) is 15.8 Å². The molecule has 0 atom stereocenters. The number of aryl methyl sites for hydroxylation is 2. The van der Waals surface area contributed by atoms with Crippen molar-refractivity contribution in [1.82, 2.24) is 9.55 Å². The van der Waals surface area contributed by atoms with Crippen LogP contribution in [0.1, 0.15) is 22.6 Å². The molecule has 2 aromatic rings. The molecule has 70 valence electrons. The van der Waals surface area contributed by atoms with Gasteiger partial charge in [0.2, 0.25) is 0 Å². The van der Waals surface area contributed by atoms with Crippen LogP contribution in [0.25, 0.3) is 11.0 Å². The summed E-state index contributed by atoms with van der Waals surface area (Å²) in [5.41, 5.74) is 2.83. The first-order chi connectivity index (χ1) is 6.88. The van der Waals surface area contributed by atoms with E-state index in [0.717, 1.165) is 41.7 Å². The molecule has 1 aromatic carbocycles. The van der Waals surface area contributed by atoms with Gasteiger partial charge in [-0.05, 0) is 24.6 Å². The Kier molecular flexibility index (Phi) is 1.48. The minimum atomic E-state index is 0.729. The molecule has 3 rings (SSSR count). The standard InChI is InChI=1S/C11H10N2O/c14-7-8-3-4-9-10(6-8)13-5-1-2-11(13)12-9/h3-4,6-7H,1-2,5H2. The molecule has 0 unspecified atom stereocenters. The maximum absolute atomic E-state index is 10.6. The molecule has 3 nitrogen and oxygen atoms in total. The minimum absolute atomic E-state index is 0.729. The van der Waals surface area contributed by atoms with Gasteiger partial charge in [0.25, 0.3) is 0 Å². The van der Waals surface area contributed by atoms with E-state index in [-0.39, 0.29) is 0 Å². The van der Waals surface area contributed by atoms with Crippen LogP contribution < -0.4 is 0 Å². The van der Waals surface area contributed by atoms with Crippen molar-refractivity contribution in [3.05, 3.63) is 29.6 Å². The van der Waals surface area contributed by atoms with Gasteiger partial charge in [0.1, 0.15) is 12.1 Å². The number of carbonyl (C=O) groups is 1. The first-order valence-corrected chi connectivity index (χ1v) is 4.83. The van der Waals surface area contributed by atoms with Gasteiger partial charge in [-0.15, -0.1) is 0 Å². The second kappa shape index (κ2) is 2.67. The molecule has 0 radical (unpaired) electrons. The highest BCUT2D eigenvalue weighted by atomic mass is 16.1. The SMILES string of the molecule is O=Cc1ccc2nc3n(c2c1)CCC3. The largest absolute Gasteiger partial charge is 0.328 e. The lowest BCUT2D eigenvalue weighted by Crippen LogP contribution is -1.91. The second-order valence-corrected chi connectivity index (χ2v) is 3.65. The summed E-state index contributed by atoms with van der Waals surface area (Å²) < 4.78 is 2.21. The lowest BCUT2D eigenvalue weighted by atomic mass is 10.2. The number of carbonyl (C=O) groups excluding carboxylic acids is 1. The number of benzene rings is 1. The van der Waals surface area contributed by atoms with Crippen molar-refractivity contribution >= 4 is 17.3 Å². The summed E-state index contributed by atoms with van der Waals surface area (Å²) in [6, 6.07) is 5.66. The third kappa shape index (κ3) is 0.923. The Hall–Kier alpha value is -1.64. The zero-order valence-corrected chi connectivity index (χ0v) is 7.73. The van der Waals surface area contributed by atoms with Gasteiger partial charge in [-0.3, -0.25) is 4.79 Å². The Balaban J connectivity index is 2.34. The van der Waals surface area contributed by atoms with Crippen molar-refractivity contribution in [3.63, 3.8) is 0 Å². The number of imidazole rings is 1. The van der Waals surface area contributed by atoms with Crippen molar-refractivity contribution in [3.8, 4) is 0 Å². The maximum Gasteiger partial charge on any atom is 0.150 e. The van der Waals surface area contributed by atoms with Gasteiger partial charge in [0.05, 0.1) is 11.0 Å². The molecular weight excluding hydrogens is 176 g/mol. The van der Waals surface area contributed by atoms with Gasteiger partial charge in [-0.25, -0.2) is 4.98 Å². The monoisotopic (exact) mass is 186 g/mol. The molecule has 1 aliphatic rings. The number of aldehydes is 1. The van der Waals surface area contributed by atoms with E-state index in [1.165, 1.54) is 6.42 Å². The Morgan fingerprint density at radius 2 is 2.36 bits per heavy atom. The maximum atomic E-state index is 10.6. The number of fused-ring (bicyclic) bond motifs is 3. The third-order valence-electron chi connectivity index (χ3n) is 2.77. The van der Waals surface area contributed by atoms with E-state index >= 15 is 0 Å². The quantitative estimate of drug-likeness (QED) is 0.636. The van der Waals surface area contributed by atoms with Crippen molar-refractivity contribution in [2.45, 2.75) is 19.4 Å². The zero-order chi connectivity index (χ0) is 9.54. The fourth-order valence-corrected chi connectivity index (χ4v) is 2.10. The molecule has 1 aliphatic heterocycles. The van der Waals surface area contributed by atoms with E-state index in [1.807, 2.05) is 18.2 Å². The molecule has 0 saturated heterocycles. The number of hydrogen-bond donors (Lipinski definition) is 0. The van der Waals surface area contributed by atoms with Crippen LogP contribution >= 0.6 is 0 Å². The third-order valence-corrected chi connectivity index (χ3v) is 2.77. The summed E-state index contributed by atoms with van der Waals surface area (Å²) in [5, 5.41) is 0. The molecule has 0 bridgehead atoms. The molecule has 0 amide bonds. The molecular formula is C11H10N2O. The molecule has 0 saturated carbocycles. The van der Waals surface area contributed by atoms with Crippen molar-refractivity contribution in [2.24, 2.45) is 0 Å². The highest BCUT2D eigenvalue weighted by molar-refractivity contribution is 5.85. The second-order valence-electron chi connectivity index (χ2n) is 3.65. The average molecular weight is 186 g/mol. The van der Waals surface area contributed by atoms with Crippen molar-refractivity contribution in [1.29, 1.82) is 0 Å². The number of aromatic nitrogens is 2.